The van der Waals surface area contributed by atoms with E-state index in [0.29, 0.717) is 22.3 Å². The van der Waals surface area contributed by atoms with E-state index in [1.165, 1.54) is 0 Å². The quantitative estimate of drug-likeness (QED) is 0.516. The third kappa shape index (κ3) is 1.91. The van der Waals surface area contributed by atoms with Crippen LogP contribution in [0.15, 0.2) is 22.3 Å². The van der Waals surface area contributed by atoms with E-state index in [4.69, 9.17) is 11.6 Å². The standard InChI is InChI=1S/C10H11ClO2.ClH/c1-5-6(2)10(13)8(4-11)7(3)9(5)12;/h4H2,1-3H3;1H. The molecule has 0 spiro atoms. The molecule has 2 nitrogen and oxygen atoms in total. The van der Waals surface area contributed by atoms with E-state index >= 15 is 0 Å². The van der Waals surface area contributed by atoms with Gasteiger partial charge in [0.15, 0.2) is 11.6 Å². The van der Waals surface area contributed by atoms with E-state index in [1.54, 1.807) is 20.8 Å². The molecule has 0 amide bonds. The van der Waals surface area contributed by atoms with Gasteiger partial charge in [-0.15, -0.1) is 24.0 Å². The Kier molecular flexibility index (Phi) is 4.56. The van der Waals surface area contributed by atoms with Crippen LogP contribution < -0.4 is 0 Å². The van der Waals surface area contributed by atoms with Gasteiger partial charge in [0.1, 0.15) is 0 Å². The molecule has 0 heterocycles. The number of allylic oxidation sites excluding steroid dienone is 4. The minimum Gasteiger partial charge on any atom is -0.289 e. The van der Waals surface area contributed by atoms with Gasteiger partial charge in [-0.1, -0.05) is 0 Å². The fourth-order valence-electron chi connectivity index (χ4n) is 1.32. The molecule has 0 unspecified atom stereocenters. The number of Topliss-reactive ketones (excluding diaryl/α,β-unsaturated/α-hetero) is 2. The maximum absolute atomic E-state index is 11.6. The highest BCUT2D eigenvalue weighted by molar-refractivity contribution is 6.30. The number of rotatable bonds is 1. The van der Waals surface area contributed by atoms with Gasteiger partial charge in [-0.25, -0.2) is 0 Å². The van der Waals surface area contributed by atoms with Crippen molar-refractivity contribution >= 4 is 35.6 Å². The number of hydrogen-bond acceptors (Lipinski definition) is 2. The third-order valence-electron chi connectivity index (χ3n) is 2.44. The number of carbonyl (C=O) groups is 2. The Bertz CT molecular complexity index is 351. The molecular weight excluding hydrogens is 223 g/mol. The first-order chi connectivity index (χ1) is 6.00. The van der Waals surface area contributed by atoms with Crippen LogP contribution in [0.25, 0.3) is 0 Å². The summed E-state index contributed by atoms with van der Waals surface area (Å²) in [6.07, 6.45) is 0. The second-order valence-corrected chi connectivity index (χ2v) is 3.41. The van der Waals surface area contributed by atoms with Crippen LogP contribution in [0, 0.1) is 0 Å². The SMILES string of the molecule is CC1=C(C)C(=O)C(CCl)=C(C)C1=O.Cl. The molecule has 1 aliphatic carbocycles. The van der Waals surface area contributed by atoms with Gasteiger partial charge in [-0.3, -0.25) is 9.59 Å². The lowest BCUT2D eigenvalue weighted by molar-refractivity contribution is -0.116. The van der Waals surface area contributed by atoms with Gasteiger partial charge >= 0.3 is 0 Å². The maximum atomic E-state index is 11.6. The van der Waals surface area contributed by atoms with E-state index in [9.17, 15) is 9.59 Å². The summed E-state index contributed by atoms with van der Waals surface area (Å²) < 4.78 is 0. The fourth-order valence-corrected chi connectivity index (χ4v) is 1.64. The summed E-state index contributed by atoms with van der Waals surface area (Å²) >= 11 is 5.59. The van der Waals surface area contributed by atoms with Gasteiger partial charge < -0.3 is 0 Å². The molecule has 0 aromatic carbocycles. The monoisotopic (exact) mass is 234 g/mol. The second-order valence-electron chi connectivity index (χ2n) is 3.15. The van der Waals surface area contributed by atoms with Crippen LogP contribution in [0.5, 0.6) is 0 Å². The lowest BCUT2D eigenvalue weighted by atomic mass is 9.87. The maximum Gasteiger partial charge on any atom is 0.186 e. The van der Waals surface area contributed by atoms with Crippen LogP contribution in [0.1, 0.15) is 20.8 Å². The first-order valence-corrected chi connectivity index (χ1v) is 4.56. The Morgan fingerprint density at radius 3 is 1.79 bits per heavy atom. The lowest BCUT2D eigenvalue weighted by Crippen LogP contribution is -2.21. The smallest absolute Gasteiger partial charge is 0.186 e. The van der Waals surface area contributed by atoms with Crippen molar-refractivity contribution in [2.45, 2.75) is 20.8 Å². The molecule has 4 heteroatoms. The molecule has 0 radical (unpaired) electrons. The van der Waals surface area contributed by atoms with Gasteiger partial charge in [0.2, 0.25) is 0 Å². The highest BCUT2D eigenvalue weighted by atomic mass is 35.5. The van der Waals surface area contributed by atoms with Crippen LogP contribution in [0.2, 0.25) is 0 Å². The molecule has 0 N–H and O–H groups in total. The summed E-state index contributed by atoms with van der Waals surface area (Å²) in [6.45, 7) is 4.98. The number of halogens is 2. The second kappa shape index (κ2) is 4.76. The predicted octanol–water partition coefficient (Wildman–Crippen LogP) is 2.45. The summed E-state index contributed by atoms with van der Waals surface area (Å²) in [4.78, 5) is 23.1. The Morgan fingerprint density at radius 1 is 0.929 bits per heavy atom. The van der Waals surface area contributed by atoms with E-state index in [2.05, 4.69) is 0 Å². The lowest BCUT2D eigenvalue weighted by Gasteiger charge is -2.16. The minimum atomic E-state index is -0.0930. The molecule has 0 fully saturated rings. The van der Waals surface area contributed by atoms with Gasteiger partial charge in [-0.05, 0) is 20.8 Å². The molecular formula is C10H12Cl2O2. The van der Waals surface area contributed by atoms with Crippen LogP contribution in [-0.2, 0) is 9.59 Å². The Morgan fingerprint density at radius 2 is 1.36 bits per heavy atom. The molecule has 78 valence electrons. The largest absolute Gasteiger partial charge is 0.289 e. The molecule has 14 heavy (non-hydrogen) atoms. The number of carbonyl (C=O) groups excluding carboxylic acids is 2. The van der Waals surface area contributed by atoms with Gasteiger partial charge in [-0.2, -0.15) is 0 Å². The third-order valence-corrected chi connectivity index (χ3v) is 2.71. The van der Waals surface area contributed by atoms with Crippen molar-refractivity contribution in [3.8, 4) is 0 Å². The average Bonchev–Trinajstić information content (AvgIpc) is 2.13. The normalized spacial score (nSPS) is 17.4. The van der Waals surface area contributed by atoms with Crippen molar-refractivity contribution in [3.05, 3.63) is 22.3 Å². The van der Waals surface area contributed by atoms with Crippen molar-refractivity contribution in [2.75, 3.05) is 5.88 Å². The predicted molar refractivity (Wildman–Crippen MR) is 59.1 cm³/mol. The van der Waals surface area contributed by atoms with Gasteiger partial charge in [0, 0.05) is 22.3 Å². The van der Waals surface area contributed by atoms with Crippen molar-refractivity contribution in [3.63, 3.8) is 0 Å². The fraction of sp³-hybridized carbons (Fsp3) is 0.400. The zero-order chi connectivity index (χ0) is 10.2. The first kappa shape index (κ1) is 13.4. The van der Waals surface area contributed by atoms with Crippen molar-refractivity contribution in [2.24, 2.45) is 0 Å². The van der Waals surface area contributed by atoms with Crippen molar-refractivity contribution in [1.82, 2.24) is 0 Å². The zero-order valence-corrected chi connectivity index (χ0v) is 9.88. The molecule has 0 saturated carbocycles. The van der Waals surface area contributed by atoms with Crippen molar-refractivity contribution in [1.29, 1.82) is 0 Å². The first-order valence-electron chi connectivity index (χ1n) is 4.03. The average molecular weight is 235 g/mol. The summed E-state index contributed by atoms with van der Waals surface area (Å²) in [5.41, 5.74) is 1.99. The van der Waals surface area contributed by atoms with Gasteiger partial charge in [0.25, 0.3) is 0 Å². The van der Waals surface area contributed by atoms with E-state index in [-0.39, 0.29) is 29.9 Å². The molecule has 0 saturated heterocycles. The Hall–Kier alpha value is -0.600. The Balaban J connectivity index is 0.00000169. The van der Waals surface area contributed by atoms with Crippen LogP contribution >= 0.6 is 24.0 Å². The van der Waals surface area contributed by atoms with E-state index in [1.807, 2.05) is 0 Å². The van der Waals surface area contributed by atoms with Crippen LogP contribution in [-0.4, -0.2) is 17.4 Å². The van der Waals surface area contributed by atoms with Crippen LogP contribution in [0.3, 0.4) is 0 Å². The van der Waals surface area contributed by atoms with Crippen LogP contribution in [0.4, 0.5) is 0 Å². The molecule has 0 aliphatic heterocycles. The highest BCUT2D eigenvalue weighted by Gasteiger charge is 2.26. The summed E-state index contributed by atoms with van der Waals surface area (Å²) in [7, 11) is 0. The molecule has 0 atom stereocenters. The highest BCUT2D eigenvalue weighted by Crippen LogP contribution is 2.24. The summed E-state index contributed by atoms with van der Waals surface area (Å²) in [6, 6.07) is 0. The van der Waals surface area contributed by atoms with Gasteiger partial charge in [0.05, 0.1) is 5.88 Å². The number of alkyl halides is 1. The molecule has 1 rings (SSSR count). The molecule has 1 aliphatic rings. The minimum absolute atomic E-state index is 0. The van der Waals surface area contributed by atoms with Crippen molar-refractivity contribution < 1.29 is 9.59 Å². The molecule has 0 bridgehead atoms. The van der Waals surface area contributed by atoms with E-state index in [0.717, 1.165) is 0 Å². The number of hydrogen-bond donors (Lipinski definition) is 0. The Labute approximate surface area is 94.4 Å². The summed E-state index contributed by atoms with van der Waals surface area (Å²) in [5.74, 6) is -0.0431. The summed E-state index contributed by atoms with van der Waals surface area (Å²) in [5, 5.41) is 0. The number of ketones is 2. The molecule has 0 aromatic rings. The molecule has 0 aromatic heterocycles. The van der Waals surface area contributed by atoms with E-state index < -0.39 is 0 Å². The topological polar surface area (TPSA) is 34.1 Å². The zero-order valence-electron chi connectivity index (χ0n) is 8.31.